The molecule has 0 unspecified atom stereocenters. The Hall–Kier alpha value is -2.97. The second-order valence-corrected chi connectivity index (χ2v) is 14.2. The van der Waals surface area contributed by atoms with Crippen molar-refractivity contribution >= 4 is 12.1 Å². The molecule has 4 heterocycles. The van der Waals surface area contributed by atoms with Gasteiger partial charge in [-0.25, -0.2) is 4.79 Å². The zero-order valence-corrected chi connectivity index (χ0v) is 28.8. The van der Waals surface area contributed by atoms with Gasteiger partial charge in [-0.2, -0.15) is 0 Å². The smallest absolute Gasteiger partial charge is 0.410 e. The summed E-state index contributed by atoms with van der Waals surface area (Å²) in [6, 6.07) is 6.42. The lowest BCUT2D eigenvalue weighted by molar-refractivity contribution is -0.150. The highest BCUT2D eigenvalue weighted by atomic mass is 16.6. The number of amides is 1. The number of nitrogens with zero attached hydrogens (tertiary/aromatic N) is 3. The lowest BCUT2D eigenvalue weighted by Gasteiger charge is -2.39. The first-order valence-corrected chi connectivity index (χ1v) is 17.6. The molecule has 0 radical (unpaired) electrons. The van der Waals surface area contributed by atoms with Crippen molar-refractivity contribution in [3.63, 3.8) is 0 Å². The van der Waals surface area contributed by atoms with Gasteiger partial charge in [0.05, 0.1) is 0 Å². The van der Waals surface area contributed by atoms with Crippen LogP contribution in [0, 0.1) is 11.8 Å². The maximum Gasteiger partial charge on any atom is 0.410 e. The number of rotatable bonds is 6. The van der Waals surface area contributed by atoms with Crippen molar-refractivity contribution < 1.29 is 24.2 Å². The first-order chi connectivity index (χ1) is 22.0. The number of aromatic nitrogens is 1. The fraction of sp³-hybridized carbons (Fsp3) is 0.667. The molecule has 47 heavy (non-hydrogen) atoms. The van der Waals surface area contributed by atoms with Gasteiger partial charge in [0.25, 0.3) is 0 Å². The summed E-state index contributed by atoms with van der Waals surface area (Å²) < 4.78 is 12.1. The van der Waals surface area contributed by atoms with Crippen LogP contribution in [0.15, 0.2) is 60.3 Å². The summed E-state index contributed by atoms with van der Waals surface area (Å²) in [5.41, 5.74) is 0.618. The van der Waals surface area contributed by atoms with Crippen LogP contribution in [0.3, 0.4) is 0 Å². The zero-order chi connectivity index (χ0) is 33.1. The summed E-state index contributed by atoms with van der Waals surface area (Å²) in [6.45, 7) is 13.4. The molecule has 1 aromatic rings. The van der Waals surface area contributed by atoms with Gasteiger partial charge in [0.2, 0.25) is 0 Å². The summed E-state index contributed by atoms with van der Waals surface area (Å²) in [5.74, 6) is -0.308. The average molecular weight is 652 g/mol. The van der Waals surface area contributed by atoms with Crippen LogP contribution in [-0.4, -0.2) is 82.0 Å². The highest BCUT2D eigenvalue weighted by molar-refractivity contribution is 5.70. The summed E-state index contributed by atoms with van der Waals surface area (Å²) in [4.78, 5) is 35.3. The molecule has 8 nitrogen and oxygen atoms in total. The quantitative estimate of drug-likeness (QED) is 0.190. The Labute approximate surface area is 284 Å². The van der Waals surface area contributed by atoms with E-state index in [-0.39, 0.29) is 43.7 Å². The average Bonchev–Trinajstić information content (AvgIpc) is 3.34. The van der Waals surface area contributed by atoms with E-state index in [1.165, 1.54) is 25.7 Å². The van der Waals surface area contributed by atoms with Crippen molar-refractivity contribution in [3.05, 3.63) is 66.0 Å². The lowest BCUT2D eigenvalue weighted by atomic mass is 9.87. The maximum atomic E-state index is 13.5. The lowest BCUT2D eigenvalue weighted by Crippen LogP contribution is -2.49. The number of likely N-dealkylation sites (tertiary alicyclic amines) is 2. The SMILES string of the molecule is C.C/C(=C\C=C\[C@@H](C)c1ccccn1)[C@H]1OC(=O)C[C@H](C)CC[C@@](C)(O)[C@@H](OC(=O)N2CCC(N3CCCCCC3)CC2)/C=C/[C@@H]1C. The topological polar surface area (TPSA) is 92.2 Å². The number of esters is 1. The van der Waals surface area contributed by atoms with Gasteiger partial charge in [-0.15, -0.1) is 0 Å². The van der Waals surface area contributed by atoms with Crippen molar-refractivity contribution in [3.8, 4) is 0 Å². The summed E-state index contributed by atoms with van der Waals surface area (Å²) >= 11 is 0. The van der Waals surface area contributed by atoms with Crippen LogP contribution in [0.5, 0.6) is 0 Å². The normalized spacial score (nSPS) is 30.6. The van der Waals surface area contributed by atoms with Crippen molar-refractivity contribution in [2.75, 3.05) is 26.2 Å². The second-order valence-electron chi connectivity index (χ2n) is 14.2. The van der Waals surface area contributed by atoms with Gasteiger partial charge in [-0.1, -0.05) is 71.4 Å². The number of pyridine rings is 1. The predicted octanol–water partition coefficient (Wildman–Crippen LogP) is 7.84. The number of allylic oxidation sites excluding steroid dienone is 3. The Bertz CT molecular complexity index is 1200. The number of aliphatic hydroxyl groups is 1. The third kappa shape index (κ3) is 11.6. The molecule has 1 aromatic heterocycles. The molecule has 0 bridgehead atoms. The molecular weight excluding hydrogens is 590 g/mol. The van der Waals surface area contributed by atoms with E-state index in [4.69, 9.17) is 9.47 Å². The van der Waals surface area contributed by atoms with Crippen LogP contribution < -0.4 is 0 Å². The maximum absolute atomic E-state index is 13.5. The van der Waals surface area contributed by atoms with Gasteiger partial charge < -0.3 is 24.4 Å². The monoisotopic (exact) mass is 651 g/mol. The Morgan fingerprint density at radius 3 is 2.45 bits per heavy atom. The third-order valence-corrected chi connectivity index (χ3v) is 10.1. The third-order valence-electron chi connectivity index (χ3n) is 10.1. The Morgan fingerprint density at radius 1 is 1.09 bits per heavy atom. The molecule has 2 fully saturated rings. The predicted molar refractivity (Wildman–Crippen MR) is 189 cm³/mol. The van der Waals surface area contributed by atoms with Gasteiger partial charge >= 0.3 is 12.1 Å². The highest BCUT2D eigenvalue weighted by Crippen LogP contribution is 2.29. The summed E-state index contributed by atoms with van der Waals surface area (Å²) in [6.07, 6.45) is 18.2. The zero-order valence-electron chi connectivity index (χ0n) is 28.8. The number of carbonyl (C=O) groups is 2. The molecule has 0 aromatic carbocycles. The molecule has 262 valence electrons. The molecule has 6 atom stereocenters. The van der Waals surface area contributed by atoms with Gasteiger partial charge in [-0.3, -0.25) is 9.78 Å². The van der Waals surface area contributed by atoms with E-state index in [1.54, 1.807) is 24.1 Å². The van der Waals surface area contributed by atoms with Crippen LogP contribution in [-0.2, 0) is 14.3 Å². The molecule has 1 N–H and O–H groups in total. The molecule has 1 amide bonds. The molecular formula is C39H61N3O5. The number of hydrogen-bond donors (Lipinski definition) is 1. The van der Waals surface area contributed by atoms with E-state index in [2.05, 4.69) is 22.9 Å². The summed E-state index contributed by atoms with van der Waals surface area (Å²) in [5, 5.41) is 11.6. The minimum atomic E-state index is -1.28. The van der Waals surface area contributed by atoms with E-state index in [9.17, 15) is 14.7 Å². The van der Waals surface area contributed by atoms with Crippen molar-refractivity contribution in [1.29, 1.82) is 0 Å². The van der Waals surface area contributed by atoms with Gasteiger partial charge in [-0.05, 0) is 95.2 Å². The first-order valence-electron chi connectivity index (χ1n) is 17.6. The van der Waals surface area contributed by atoms with E-state index < -0.39 is 17.8 Å². The van der Waals surface area contributed by atoms with Crippen LogP contribution >= 0.6 is 0 Å². The molecule has 0 spiro atoms. The van der Waals surface area contributed by atoms with Gasteiger partial charge in [0.1, 0.15) is 11.7 Å². The molecule has 0 saturated carbocycles. The van der Waals surface area contributed by atoms with E-state index in [1.807, 2.05) is 57.2 Å². The molecule has 2 saturated heterocycles. The minimum Gasteiger partial charge on any atom is -0.457 e. The van der Waals surface area contributed by atoms with Gasteiger partial charge in [0, 0.05) is 49.3 Å². The Kier molecular flexibility index (Phi) is 15.2. The molecule has 8 heteroatoms. The molecule has 3 aliphatic rings. The number of hydrogen-bond acceptors (Lipinski definition) is 7. The number of carbonyl (C=O) groups excluding carboxylic acids is 2. The van der Waals surface area contributed by atoms with E-state index in [0.29, 0.717) is 32.0 Å². The van der Waals surface area contributed by atoms with Crippen LogP contribution in [0.4, 0.5) is 4.79 Å². The number of cyclic esters (lactones) is 1. The highest BCUT2D eigenvalue weighted by Gasteiger charge is 2.37. The fourth-order valence-electron chi connectivity index (χ4n) is 6.89. The number of piperidine rings is 1. The van der Waals surface area contributed by atoms with E-state index >= 15 is 0 Å². The first kappa shape index (κ1) is 38.5. The Balaban J connectivity index is 0.00000600. The van der Waals surface area contributed by atoms with Crippen LogP contribution in [0.1, 0.15) is 111 Å². The standard InChI is InChI=1S/C38H57N3O5.CH4/c1-28-18-21-38(5,44)34(45-37(43)41-25-19-32(20-26-41)40-23-10-6-7-11-24-40)17-16-31(4)36(46-35(42)27-28)30(3)14-12-13-29(2)33-15-8-9-22-39-33;/h8-9,12-17,22,28-29,31-32,34,36,44H,6-7,10-11,18-21,23-27H2,1-5H3;1H4/b13-12+,17-16+,30-14+;/t28-,29-,31+,34+,36-,38-;/m1./s1. The molecule has 4 rings (SSSR count). The van der Waals surface area contributed by atoms with E-state index in [0.717, 1.165) is 37.2 Å². The summed E-state index contributed by atoms with van der Waals surface area (Å²) in [7, 11) is 0. The molecule has 0 aliphatic carbocycles. The van der Waals surface area contributed by atoms with Gasteiger partial charge in [0.15, 0.2) is 6.10 Å². The minimum absolute atomic E-state index is 0. The second kappa shape index (κ2) is 18.5. The van der Waals surface area contributed by atoms with Crippen molar-refractivity contribution in [2.45, 2.75) is 130 Å². The van der Waals surface area contributed by atoms with Crippen LogP contribution in [0.2, 0.25) is 0 Å². The Morgan fingerprint density at radius 2 is 1.79 bits per heavy atom. The molecule has 3 aliphatic heterocycles. The van der Waals surface area contributed by atoms with Crippen molar-refractivity contribution in [1.82, 2.24) is 14.8 Å². The number of ether oxygens (including phenoxy) is 2. The fourth-order valence-corrected chi connectivity index (χ4v) is 6.89. The largest absolute Gasteiger partial charge is 0.457 e. The van der Waals surface area contributed by atoms with Crippen molar-refractivity contribution in [2.24, 2.45) is 11.8 Å². The van der Waals surface area contributed by atoms with Crippen LogP contribution in [0.25, 0.3) is 0 Å².